The summed E-state index contributed by atoms with van der Waals surface area (Å²) in [6, 6.07) is 23.6. The largest absolute Gasteiger partial charge is 1.00 e. The normalized spacial score (nSPS) is 18.2. The van der Waals surface area contributed by atoms with E-state index in [0.717, 1.165) is 36.2 Å². The molecular weight excluding hydrogens is 450 g/mol. The minimum Gasteiger partial charge on any atom is -1.00 e. The highest BCUT2D eigenvalue weighted by Gasteiger charge is 2.47. The van der Waals surface area contributed by atoms with Gasteiger partial charge in [0, 0.05) is 6.92 Å². The van der Waals surface area contributed by atoms with E-state index in [2.05, 4.69) is 48.0 Å². The molecule has 1 aliphatic carbocycles. The molecule has 0 aliphatic heterocycles. The highest BCUT2D eigenvalue weighted by atomic mass is 79.9. The molecule has 0 bridgehead atoms. The highest BCUT2D eigenvalue weighted by Crippen LogP contribution is 2.48. The van der Waals surface area contributed by atoms with Gasteiger partial charge in [0.05, 0.1) is 6.07 Å². The van der Waals surface area contributed by atoms with Crippen LogP contribution in [0.1, 0.15) is 49.2 Å². The lowest BCUT2D eigenvalue weighted by Gasteiger charge is -2.34. The lowest BCUT2D eigenvalue weighted by atomic mass is 9.66. The molecule has 1 saturated carbocycles. The van der Waals surface area contributed by atoms with E-state index in [9.17, 15) is 10.1 Å². The Kier molecular flexibility index (Phi) is 7.12. The first kappa shape index (κ1) is 23.0. The van der Waals surface area contributed by atoms with Crippen molar-refractivity contribution in [1.82, 2.24) is 4.57 Å². The van der Waals surface area contributed by atoms with Gasteiger partial charge in [-0.05, 0) is 43.2 Å². The van der Waals surface area contributed by atoms with E-state index in [4.69, 9.17) is 0 Å². The summed E-state index contributed by atoms with van der Waals surface area (Å²) < 4.78 is 4.31. The number of imidazole rings is 1. The second-order valence-electron chi connectivity index (χ2n) is 8.40. The molecule has 0 radical (unpaired) electrons. The number of carbonyl (C=O) groups excluding carboxylic acids is 1. The van der Waals surface area contributed by atoms with Crippen molar-refractivity contribution in [2.24, 2.45) is 5.92 Å². The first-order valence-corrected chi connectivity index (χ1v) is 10.6. The van der Waals surface area contributed by atoms with Gasteiger partial charge in [0.15, 0.2) is 5.78 Å². The molecule has 1 aliphatic rings. The van der Waals surface area contributed by atoms with Crippen LogP contribution in [0, 0.1) is 24.2 Å². The van der Waals surface area contributed by atoms with Crippen LogP contribution in [0.5, 0.6) is 0 Å². The Morgan fingerprint density at radius 1 is 1.10 bits per heavy atom. The van der Waals surface area contributed by atoms with Gasteiger partial charge in [-0.25, -0.2) is 9.13 Å². The molecule has 0 N–H and O–H groups in total. The minimum atomic E-state index is -0.659. The van der Waals surface area contributed by atoms with Gasteiger partial charge >= 0.3 is 0 Å². The third kappa shape index (κ3) is 4.22. The number of hydrogen-bond donors (Lipinski definition) is 0. The number of hydrogen-bond acceptors (Lipinski definition) is 2. The maximum atomic E-state index is 11.6. The van der Waals surface area contributed by atoms with E-state index >= 15 is 0 Å². The van der Waals surface area contributed by atoms with Gasteiger partial charge in [-0.15, -0.1) is 0 Å². The second kappa shape index (κ2) is 9.62. The predicted molar refractivity (Wildman–Crippen MR) is 116 cm³/mol. The Bertz CT molecular complexity index is 1030. The maximum Gasteiger partial charge on any atom is 0.253 e. The molecule has 4 nitrogen and oxygen atoms in total. The number of aromatic nitrogens is 2. The van der Waals surface area contributed by atoms with Crippen molar-refractivity contribution in [3.05, 3.63) is 90.0 Å². The van der Waals surface area contributed by atoms with Crippen molar-refractivity contribution in [1.29, 1.82) is 5.26 Å². The van der Waals surface area contributed by atoms with Gasteiger partial charge in [-0.3, -0.25) is 4.79 Å². The summed E-state index contributed by atoms with van der Waals surface area (Å²) in [5.74, 6) is 1.47. The molecule has 5 heteroatoms. The van der Waals surface area contributed by atoms with E-state index in [1.54, 1.807) is 6.92 Å². The van der Waals surface area contributed by atoms with Crippen LogP contribution in [0.4, 0.5) is 0 Å². The highest BCUT2D eigenvalue weighted by molar-refractivity contribution is 5.75. The molecule has 3 aromatic rings. The lowest BCUT2D eigenvalue weighted by Crippen LogP contribution is -3.00. The van der Waals surface area contributed by atoms with E-state index in [1.165, 1.54) is 0 Å². The van der Waals surface area contributed by atoms with Crippen LogP contribution in [0.2, 0.25) is 0 Å². The molecular formula is C26H28BrN3O. The van der Waals surface area contributed by atoms with Gasteiger partial charge in [-0.2, -0.15) is 5.26 Å². The number of rotatable bonds is 6. The first-order chi connectivity index (χ1) is 14.6. The third-order valence-electron chi connectivity index (χ3n) is 6.63. The summed E-state index contributed by atoms with van der Waals surface area (Å²) in [6.07, 6.45) is 7.04. The van der Waals surface area contributed by atoms with Crippen LogP contribution < -0.4 is 21.5 Å². The SMILES string of the molecule is CC(=O)Cn1cc[n+]([C@H]2CC[C@H](C(C#N)(c3ccccc3)c3ccccc3)C2)c1C.[Br-]. The van der Waals surface area contributed by atoms with E-state index < -0.39 is 5.41 Å². The van der Waals surface area contributed by atoms with Crippen molar-refractivity contribution in [2.45, 2.75) is 51.1 Å². The van der Waals surface area contributed by atoms with Crippen LogP contribution in [0.25, 0.3) is 0 Å². The Labute approximate surface area is 194 Å². The van der Waals surface area contributed by atoms with Gasteiger partial charge in [0.25, 0.3) is 5.82 Å². The van der Waals surface area contributed by atoms with Crippen molar-refractivity contribution < 1.29 is 26.3 Å². The molecule has 0 spiro atoms. The van der Waals surface area contributed by atoms with Crippen molar-refractivity contribution >= 4 is 5.78 Å². The van der Waals surface area contributed by atoms with Gasteiger partial charge in [0.1, 0.15) is 30.4 Å². The lowest BCUT2D eigenvalue weighted by molar-refractivity contribution is -0.727. The predicted octanol–water partition coefficient (Wildman–Crippen LogP) is 1.53. The molecule has 160 valence electrons. The van der Waals surface area contributed by atoms with Gasteiger partial charge in [-0.1, -0.05) is 60.7 Å². The summed E-state index contributed by atoms with van der Waals surface area (Å²) in [7, 11) is 0. The number of carbonyl (C=O) groups is 1. The van der Waals surface area contributed by atoms with Crippen molar-refractivity contribution in [3.63, 3.8) is 0 Å². The molecule has 2 atom stereocenters. The first-order valence-electron chi connectivity index (χ1n) is 10.6. The van der Waals surface area contributed by atoms with Crippen LogP contribution in [0.3, 0.4) is 0 Å². The standard InChI is InChI=1S/C26H28N3O.BrH/c1-20(30)18-28-15-16-29(21(28)2)25-14-13-24(17-25)26(19-27,22-9-5-3-6-10-22)23-11-7-4-8-12-23;/h3-12,15-16,24-25H,13-14,17-18H2,1-2H3;1H/q+1;/p-1/t24-,25-;/m0./s1. The molecule has 0 saturated heterocycles. The smallest absolute Gasteiger partial charge is 0.253 e. The van der Waals surface area contributed by atoms with E-state index in [0.29, 0.717) is 12.6 Å². The summed E-state index contributed by atoms with van der Waals surface area (Å²) in [5.41, 5.74) is 1.48. The molecule has 4 rings (SSSR count). The molecule has 1 heterocycles. The Balaban J connectivity index is 0.00000272. The van der Waals surface area contributed by atoms with E-state index in [1.807, 2.05) is 47.2 Å². The maximum absolute atomic E-state index is 11.6. The van der Waals surface area contributed by atoms with Crippen LogP contribution in [0.15, 0.2) is 73.1 Å². The average Bonchev–Trinajstić information content (AvgIpc) is 3.38. The monoisotopic (exact) mass is 477 g/mol. The van der Waals surface area contributed by atoms with Gasteiger partial charge < -0.3 is 17.0 Å². The second-order valence-corrected chi connectivity index (χ2v) is 8.40. The molecule has 31 heavy (non-hydrogen) atoms. The third-order valence-corrected chi connectivity index (χ3v) is 6.63. The van der Waals surface area contributed by atoms with E-state index in [-0.39, 0.29) is 28.7 Å². The van der Waals surface area contributed by atoms with Gasteiger partial charge in [0.2, 0.25) is 0 Å². The zero-order valence-electron chi connectivity index (χ0n) is 18.0. The quantitative estimate of drug-likeness (QED) is 0.505. The Morgan fingerprint density at radius 3 is 2.19 bits per heavy atom. The molecule has 2 aromatic carbocycles. The summed E-state index contributed by atoms with van der Waals surface area (Å²) in [4.78, 5) is 11.6. The fourth-order valence-corrected chi connectivity index (χ4v) is 5.17. The molecule has 0 unspecified atom stereocenters. The number of Topliss-reactive ketones (excluding diaryl/α,β-unsaturated/α-hetero) is 1. The average molecular weight is 478 g/mol. The topological polar surface area (TPSA) is 49.7 Å². The number of halogens is 1. The number of nitriles is 1. The minimum absolute atomic E-state index is 0. The van der Waals surface area contributed by atoms with Crippen LogP contribution in [-0.4, -0.2) is 10.4 Å². The molecule has 1 fully saturated rings. The number of ketones is 1. The number of nitrogens with zero attached hydrogens (tertiary/aromatic N) is 3. The van der Waals surface area contributed by atoms with Crippen LogP contribution >= 0.6 is 0 Å². The summed E-state index contributed by atoms with van der Waals surface area (Å²) >= 11 is 0. The fourth-order valence-electron chi connectivity index (χ4n) is 5.17. The zero-order valence-corrected chi connectivity index (χ0v) is 19.6. The van der Waals surface area contributed by atoms with Crippen molar-refractivity contribution in [2.75, 3.05) is 0 Å². The van der Waals surface area contributed by atoms with Crippen LogP contribution in [-0.2, 0) is 16.8 Å². The Morgan fingerprint density at radius 2 is 1.68 bits per heavy atom. The zero-order chi connectivity index (χ0) is 21.1. The Hall–Kier alpha value is -2.71. The number of benzene rings is 2. The molecule has 1 aromatic heterocycles. The summed E-state index contributed by atoms with van der Waals surface area (Å²) in [6.45, 7) is 4.10. The van der Waals surface area contributed by atoms with Crippen molar-refractivity contribution in [3.8, 4) is 6.07 Å². The fraction of sp³-hybridized carbons (Fsp3) is 0.346. The molecule has 0 amide bonds. The summed E-state index contributed by atoms with van der Waals surface area (Å²) in [5, 5.41) is 10.6.